The lowest BCUT2D eigenvalue weighted by Gasteiger charge is -2.13. The van der Waals surface area contributed by atoms with Crippen molar-refractivity contribution >= 4 is 23.1 Å². The molecule has 0 aliphatic rings. The largest absolute Gasteiger partial charge is 0.354 e. The molecule has 0 heterocycles. The number of hydrogen-bond donors (Lipinski definition) is 1. The van der Waals surface area contributed by atoms with Gasteiger partial charge in [0.05, 0.1) is 22.9 Å². The van der Waals surface area contributed by atoms with Crippen LogP contribution in [0.25, 0.3) is 0 Å². The van der Waals surface area contributed by atoms with Gasteiger partial charge in [-0.15, -0.1) is 11.8 Å². The Morgan fingerprint density at radius 3 is 2.57 bits per heavy atom. The summed E-state index contributed by atoms with van der Waals surface area (Å²) in [5.74, 6) is 0.918. The zero-order valence-corrected chi connectivity index (χ0v) is 12.8. The highest BCUT2D eigenvalue weighted by Crippen LogP contribution is 2.30. The van der Waals surface area contributed by atoms with E-state index < -0.39 is 0 Å². The van der Waals surface area contributed by atoms with Crippen molar-refractivity contribution in [2.24, 2.45) is 0 Å². The summed E-state index contributed by atoms with van der Waals surface area (Å²) in [5.41, 5.74) is 3.90. The molecule has 104 valence electrons. The number of thioether (sulfide) groups is 1. The average molecular weight is 293 g/mol. The molecular weight excluding hydrogens is 278 g/mol. The number of hydrogen-bond acceptors (Lipinski definition) is 4. The number of rotatable bonds is 4. The van der Waals surface area contributed by atoms with Gasteiger partial charge < -0.3 is 5.32 Å². The molecule has 0 aromatic heterocycles. The van der Waals surface area contributed by atoms with Gasteiger partial charge in [-0.1, -0.05) is 19.1 Å². The molecule has 0 saturated heterocycles. The summed E-state index contributed by atoms with van der Waals surface area (Å²) in [5, 5.41) is 21.7. The van der Waals surface area contributed by atoms with Gasteiger partial charge in [0, 0.05) is 10.6 Å². The summed E-state index contributed by atoms with van der Waals surface area (Å²) in [4.78, 5) is 0.971. The van der Waals surface area contributed by atoms with Crippen LogP contribution >= 0.6 is 11.8 Å². The van der Waals surface area contributed by atoms with Crippen LogP contribution in [0.5, 0.6) is 0 Å². The van der Waals surface area contributed by atoms with Gasteiger partial charge in [-0.3, -0.25) is 0 Å². The molecule has 2 aromatic rings. The van der Waals surface area contributed by atoms with Gasteiger partial charge in [-0.25, -0.2) is 0 Å². The normalized spacial score (nSPS) is 9.71. The lowest BCUT2D eigenvalue weighted by atomic mass is 10.1. The fourth-order valence-corrected chi connectivity index (χ4v) is 2.78. The maximum atomic E-state index is 9.42. The second-order valence-electron chi connectivity index (χ2n) is 4.49. The van der Waals surface area contributed by atoms with E-state index in [0.29, 0.717) is 11.1 Å². The SMILES string of the molecule is CCSc1cccc(Nc2cc(C#N)ccc2C)c1C#N. The van der Waals surface area contributed by atoms with Gasteiger partial charge in [-0.05, 0) is 42.5 Å². The van der Waals surface area contributed by atoms with E-state index in [1.54, 1.807) is 23.9 Å². The molecule has 2 rings (SSSR count). The molecule has 21 heavy (non-hydrogen) atoms. The molecule has 0 atom stereocenters. The molecule has 0 aliphatic heterocycles. The molecule has 3 nitrogen and oxygen atoms in total. The van der Waals surface area contributed by atoms with Crippen LogP contribution in [0.3, 0.4) is 0 Å². The zero-order valence-electron chi connectivity index (χ0n) is 12.0. The summed E-state index contributed by atoms with van der Waals surface area (Å²) in [7, 11) is 0. The molecule has 0 bridgehead atoms. The van der Waals surface area contributed by atoms with Crippen molar-refractivity contribution in [1.29, 1.82) is 10.5 Å². The van der Waals surface area contributed by atoms with E-state index in [9.17, 15) is 5.26 Å². The molecule has 0 unspecified atom stereocenters. The fourth-order valence-electron chi connectivity index (χ4n) is 2.00. The van der Waals surface area contributed by atoms with E-state index in [4.69, 9.17) is 5.26 Å². The average Bonchev–Trinajstić information content (AvgIpc) is 2.50. The van der Waals surface area contributed by atoms with Gasteiger partial charge in [0.15, 0.2) is 0 Å². The minimum atomic E-state index is 0.598. The van der Waals surface area contributed by atoms with Gasteiger partial charge in [-0.2, -0.15) is 10.5 Å². The maximum absolute atomic E-state index is 9.42. The first-order valence-electron chi connectivity index (χ1n) is 6.63. The van der Waals surface area contributed by atoms with Crippen LogP contribution < -0.4 is 5.32 Å². The smallest absolute Gasteiger partial charge is 0.103 e. The Morgan fingerprint density at radius 2 is 1.90 bits per heavy atom. The number of benzene rings is 2. The summed E-state index contributed by atoms with van der Waals surface area (Å²) >= 11 is 1.65. The summed E-state index contributed by atoms with van der Waals surface area (Å²) in [6, 6.07) is 15.7. The monoisotopic (exact) mass is 293 g/mol. The molecular formula is C17H15N3S. The number of nitriles is 2. The summed E-state index contributed by atoms with van der Waals surface area (Å²) in [6.07, 6.45) is 0. The van der Waals surface area contributed by atoms with Gasteiger partial charge in [0.25, 0.3) is 0 Å². The predicted octanol–water partition coefficient (Wildman–Crippen LogP) is 4.59. The van der Waals surface area contributed by atoms with Gasteiger partial charge in [0.2, 0.25) is 0 Å². The molecule has 0 amide bonds. The molecule has 0 aliphatic carbocycles. The van der Waals surface area contributed by atoms with E-state index >= 15 is 0 Å². The van der Waals surface area contributed by atoms with Crippen LogP contribution in [0.1, 0.15) is 23.6 Å². The van der Waals surface area contributed by atoms with Crippen molar-refractivity contribution in [2.75, 3.05) is 11.1 Å². The van der Waals surface area contributed by atoms with Crippen LogP contribution in [-0.2, 0) is 0 Å². The second-order valence-corrected chi connectivity index (χ2v) is 5.80. The molecule has 2 aromatic carbocycles. The Balaban J connectivity index is 2.43. The lowest BCUT2D eigenvalue weighted by molar-refractivity contribution is 1.33. The summed E-state index contributed by atoms with van der Waals surface area (Å²) in [6.45, 7) is 4.03. The van der Waals surface area contributed by atoms with E-state index in [2.05, 4.69) is 24.4 Å². The first-order valence-corrected chi connectivity index (χ1v) is 7.61. The third kappa shape index (κ3) is 3.37. The standard InChI is InChI=1S/C17H15N3S/c1-3-21-17-6-4-5-15(14(17)11-19)20-16-9-13(10-18)8-7-12(16)2/h4-9,20H,3H2,1-2H3. The molecule has 0 radical (unpaired) electrons. The van der Waals surface area contributed by atoms with Crippen molar-refractivity contribution in [3.05, 3.63) is 53.1 Å². The number of nitrogens with zero attached hydrogens (tertiary/aromatic N) is 2. The van der Waals surface area contributed by atoms with Crippen molar-refractivity contribution in [3.8, 4) is 12.1 Å². The van der Waals surface area contributed by atoms with E-state index in [1.165, 1.54) is 0 Å². The minimum absolute atomic E-state index is 0.598. The Kier molecular flexibility index (Phi) is 4.87. The Morgan fingerprint density at radius 1 is 1.10 bits per heavy atom. The topological polar surface area (TPSA) is 59.6 Å². The molecule has 0 fully saturated rings. The predicted molar refractivity (Wildman–Crippen MR) is 86.7 cm³/mol. The van der Waals surface area contributed by atoms with E-state index in [0.717, 1.165) is 27.6 Å². The Hall–Kier alpha value is -2.43. The number of aryl methyl sites for hydroxylation is 1. The second kappa shape index (κ2) is 6.83. The van der Waals surface area contributed by atoms with Crippen LogP contribution in [0.4, 0.5) is 11.4 Å². The van der Waals surface area contributed by atoms with Crippen molar-refractivity contribution in [1.82, 2.24) is 0 Å². The van der Waals surface area contributed by atoms with Gasteiger partial charge in [0.1, 0.15) is 6.07 Å². The van der Waals surface area contributed by atoms with Crippen molar-refractivity contribution in [3.63, 3.8) is 0 Å². The highest BCUT2D eigenvalue weighted by atomic mass is 32.2. The van der Waals surface area contributed by atoms with Crippen molar-refractivity contribution < 1.29 is 0 Å². The highest BCUT2D eigenvalue weighted by Gasteiger charge is 2.09. The summed E-state index contributed by atoms with van der Waals surface area (Å²) < 4.78 is 0. The van der Waals surface area contributed by atoms with E-state index in [-0.39, 0.29) is 0 Å². The Bertz CT molecular complexity index is 739. The number of anilines is 2. The minimum Gasteiger partial charge on any atom is -0.354 e. The van der Waals surface area contributed by atoms with Crippen LogP contribution in [0.2, 0.25) is 0 Å². The Labute approximate surface area is 129 Å². The lowest BCUT2D eigenvalue weighted by Crippen LogP contribution is -1.97. The van der Waals surface area contributed by atoms with Gasteiger partial charge >= 0.3 is 0 Å². The molecule has 0 spiro atoms. The quantitative estimate of drug-likeness (QED) is 0.837. The zero-order chi connectivity index (χ0) is 15.2. The molecule has 0 saturated carbocycles. The molecule has 1 N–H and O–H groups in total. The van der Waals surface area contributed by atoms with Crippen LogP contribution in [-0.4, -0.2) is 5.75 Å². The third-order valence-electron chi connectivity index (χ3n) is 3.07. The third-order valence-corrected chi connectivity index (χ3v) is 4.01. The van der Waals surface area contributed by atoms with E-state index in [1.807, 2.05) is 31.2 Å². The first-order chi connectivity index (χ1) is 10.2. The van der Waals surface area contributed by atoms with Crippen LogP contribution in [0.15, 0.2) is 41.3 Å². The number of nitrogens with one attached hydrogen (secondary N) is 1. The maximum Gasteiger partial charge on any atom is 0.103 e. The highest BCUT2D eigenvalue weighted by molar-refractivity contribution is 7.99. The fraction of sp³-hybridized carbons (Fsp3) is 0.176. The first kappa shape index (κ1) is 15.0. The van der Waals surface area contributed by atoms with Crippen LogP contribution in [0, 0.1) is 29.6 Å². The van der Waals surface area contributed by atoms with Crippen molar-refractivity contribution in [2.45, 2.75) is 18.7 Å². The molecule has 4 heteroatoms.